The number of nitrogens with zero attached hydrogens (tertiary/aromatic N) is 1. The average molecular weight is 230 g/mol. The zero-order chi connectivity index (χ0) is 11.5. The van der Waals surface area contributed by atoms with Crippen LogP contribution in [0.1, 0.15) is 39.5 Å². The summed E-state index contributed by atoms with van der Waals surface area (Å²) in [5.74, 6) is 0.385. The van der Waals surface area contributed by atoms with E-state index in [2.05, 4.69) is 4.72 Å². The lowest BCUT2D eigenvalue weighted by molar-refractivity contribution is 0.474. The Balaban J connectivity index is 2.68. The maximum absolute atomic E-state index is 11.8. The summed E-state index contributed by atoms with van der Waals surface area (Å²) in [6.45, 7) is 3.76. The molecule has 0 aromatic heterocycles. The molecule has 1 aliphatic rings. The molecule has 5 heteroatoms. The molecule has 15 heavy (non-hydrogen) atoms. The van der Waals surface area contributed by atoms with Gasteiger partial charge in [0.15, 0.2) is 5.25 Å². The fourth-order valence-corrected chi connectivity index (χ4v) is 3.51. The highest BCUT2D eigenvalue weighted by Crippen LogP contribution is 2.25. The maximum Gasteiger partial charge on any atom is 0.228 e. The Bertz CT molecular complexity index is 345. The molecule has 0 saturated heterocycles. The summed E-state index contributed by atoms with van der Waals surface area (Å²) in [4.78, 5) is 0. The second kappa shape index (κ2) is 4.95. The van der Waals surface area contributed by atoms with E-state index in [1.807, 2.05) is 13.0 Å². The SMILES string of the molecule is CCC(C#N)S(=O)(=O)NC1CCCC1C. The van der Waals surface area contributed by atoms with Crippen LogP contribution in [0.5, 0.6) is 0 Å². The lowest BCUT2D eigenvalue weighted by atomic mass is 10.1. The molecule has 0 spiro atoms. The second-order valence-electron chi connectivity index (χ2n) is 4.20. The van der Waals surface area contributed by atoms with Gasteiger partial charge < -0.3 is 0 Å². The normalized spacial score (nSPS) is 28.6. The molecule has 1 rings (SSSR count). The van der Waals surface area contributed by atoms with E-state index in [0.717, 1.165) is 19.3 Å². The fraction of sp³-hybridized carbons (Fsp3) is 0.900. The van der Waals surface area contributed by atoms with Gasteiger partial charge in [-0.3, -0.25) is 0 Å². The van der Waals surface area contributed by atoms with Crippen LogP contribution in [0.15, 0.2) is 0 Å². The van der Waals surface area contributed by atoms with Crippen LogP contribution in [0.4, 0.5) is 0 Å². The number of hydrogen-bond donors (Lipinski definition) is 1. The number of nitriles is 1. The van der Waals surface area contributed by atoms with Gasteiger partial charge in [-0.15, -0.1) is 0 Å². The van der Waals surface area contributed by atoms with E-state index in [1.165, 1.54) is 0 Å². The first kappa shape index (κ1) is 12.5. The van der Waals surface area contributed by atoms with Gasteiger partial charge in [-0.25, -0.2) is 13.1 Å². The van der Waals surface area contributed by atoms with E-state index >= 15 is 0 Å². The van der Waals surface area contributed by atoms with E-state index in [1.54, 1.807) is 6.92 Å². The Morgan fingerprint density at radius 1 is 1.53 bits per heavy atom. The molecular formula is C10H18N2O2S. The zero-order valence-electron chi connectivity index (χ0n) is 9.23. The van der Waals surface area contributed by atoms with E-state index in [0.29, 0.717) is 12.3 Å². The lowest BCUT2D eigenvalue weighted by Crippen LogP contribution is -2.41. The Morgan fingerprint density at radius 3 is 2.60 bits per heavy atom. The molecule has 0 radical (unpaired) electrons. The minimum Gasteiger partial charge on any atom is -0.211 e. The van der Waals surface area contributed by atoms with Gasteiger partial charge in [-0.2, -0.15) is 5.26 Å². The fourth-order valence-electron chi connectivity index (χ4n) is 1.99. The molecule has 0 aromatic rings. The Kier molecular flexibility index (Phi) is 4.12. The van der Waals surface area contributed by atoms with Crippen LogP contribution in [-0.2, 0) is 10.0 Å². The molecule has 86 valence electrons. The van der Waals surface area contributed by atoms with Crippen LogP contribution in [0.25, 0.3) is 0 Å². The summed E-state index contributed by atoms with van der Waals surface area (Å²) in [6, 6.07) is 1.86. The third-order valence-electron chi connectivity index (χ3n) is 3.07. The van der Waals surface area contributed by atoms with Crippen molar-refractivity contribution in [2.24, 2.45) is 5.92 Å². The first-order chi connectivity index (χ1) is 7.01. The highest BCUT2D eigenvalue weighted by atomic mass is 32.2. The molecule has 1 aliphatic carbocycles. The standard InChI is InChI=1S/C10H18N2O2S/c1-3-9(7-11)15(13,14)12-10-6-4-5-8(10)2/h8-10,12H,3-6H2,1-2H3. The smallest absolute Gasteiger partial charge is 0.211 e. The third kappa shape index (κ3) is 2.93. The molecule has 0 aromatic carbocycles. The predicted molar refractivity (Wildman–Crippen MR) is 58.6 cm³/mol. The predicted octanol–water partition coefficient (Wildman–Crippen LogP) is 1.40. The minimum atomic E-state index is -3.45. The van der Waals surface area contributed by atoms with E-state index in [9.17, 15) is 8.42 Å². The first-order valence-corrected chi connectivity index (χ1v) is 6.96. The molecule has 0 amide bonds. The Hall–Kier alpha value is -0.600. The van der Waals surface area contributed by atoms with Crippen molar-refractivity contribution in [2.45, 2.75) is 50.8 Å². The second-order valence-corrected chi connectivity index (χ2v) is 6.10. The Morgan fingerprint density at radius 2 is 2.20 bits per heavy atom. The summed E-state index contributed by atoms with van der Waals surface area (Å²) in [6.07, 6.45) is 3.36. The van der Waals surface area contributed by atoms with Crippen molar-refractivity contribution in [3.63, 3.8) is 0 Å². The molecule has 1 fully saturated rings. The highest BCUT2D eigenvalue weighted by molar-refractivity contribution is 7.90. The van der Waals surface area contributed by atoms with Crippen LogP contribution in [0, 0.1) is 17.2 Å². The molecular weight excluding hydrogens is 212 g/mol. The average Bonchev–Trinajstić information content (AvgIpc) is 2.52. The molecule has 0 heterocycles. The summed E-state index contributed by atoms with van der Waals surface area (Å²) >= 11 is 0. The van der Waals surface area contributed by atoms with Gasteiger partial charge in [0.2, 0.25) is 10.0 Å². The van der Waals surface area contributed by atoms with Gasteiger partial charge in [-0.05, 0) is 25.2 Å². The van der Waals surface area contributed by atoms with E-state index < -0.39 is 15.3 Å². The van der Waals surface area contributed by atoms with Crippen molar-refractivity contribution in [3.8, 4) is 6.07 Å². The van der Waals surface area contributed by atoms with Gasteiger partial charge >= 0.3 is 0 Å². The molecule has 1 N–H and O–H groups in total. The summed E-state index contributed by atoms with van der Waals surface area (Å²) in [5.41, 5.74) is 0. The topological polar surface area (TPSA) is 70.0 Å². The van der Waals surface area contributed by atoms with E-state index in [4.69, 9.17) is 5.26 Å². The largest absolute Gasteiger partial charge is 0.228 e. The quantitative estimate of drug-likeness (QED) is 0.793. The van der Waals surface area contributed by atoms with Crippen LogP contribution in [0.3, 0.4) is 0 Å². The number of rotatable bonds is 4. The van der Waals surface area contributed by atoms with Crippen molar-refractivity contribution < 1.29 is 8.42 Å². The summed E-state index contributed by atoms with van der Waals surface area (Å²) in [5, 5.41) is 7.82. The monoisotopic (exact) mass is 230 g/mol. The number of hydrogen-bond acceptors (Lipinski definition) is 3. The van der Waals surface area contributed by atoms with Gasteiger partial charge in [0, 0.05) is 6.04 Å². The van der Waals surface area contributed by atoms with Gasteiger partial charge in [0.25, 0.3) is 0 Å². The van der Waals surface area contributed by atoms with Crippen LogP contribution < -0.4 is 4.72 Å². The highest BCUT2D eigenvalue weighted by Gasteiger charge is 2.31. The first-order valence-electron chi connectivity index (χ1n) is 5.42. The van der Waals surface area contributed by atoms with Gasteiger partial charge in [0.1, 0.15) is 0 Å². The molecule has 0 bridgehead atoms. The van der Waals surface area contributed by atoms with Crippen molar-refractivity contribution in [1.29, 1.82) is 5.26 Å². The lowest BCUT2D eigenvalue weighted by Gasteiger charge is -2.18. The molecule has 0 aliphatic heterocycles. The minimum absolute atomic E-state index is 0.0254. The van der Waals surface area contributed by atoms with Gasteiger partial charge in [0.05, 0.1) is 6.07 Å². The molecule has 1 saturated carbocycles. The van der Waals surface area contributed by atoms with E-state index in [-0.39, 0.29) is 6.04 Å². The Labute approximate surface area is 91.7 Å². The van der Waals surface area contributed by atoms with Crippen molar-refractivity contribution >= 4 is 10.0 Å². The van der Waals surface area contributed by atoms with Crippen molar-refractivity contribution in [3.05, 3.63) is 0 Å². The van der Waals surface area contributed by atoms with Crippen LogP contribution in [-0.4, -0.2) is 19.7 Å². The van der Waals surface area contributed by atoms with Crippen molar-refractivity contribution in [2.75, 3.05) is 0 Å². The molecule has 3 atom stereocenters. The molecule has 4 nitrogen and oxygen atoms in total. The van der Waals surface area contributed by atoms with Crippen LogP contribution in [0.2, 0.25) is 0 Å². The maximum atomic E-state index is 11.8. The van der Waals surface area contributed by atoms with Crippen LogP contribution >= 0.6 is 0 Å². The summed E-state index contributed by atoms with van der Waals surface area (Å²) in [7, 11) is -3.45. The molecule has 3 unspecified atom stereocenters. The third-order valence-corrected chi connectivity index (χ3v) is 4.89. The number of sulfonamides is 1. The van der Waals surface area contributed by atoms with Gasteiger partial charge in [-0.1, -0.05) is 20.3 Å². The van der Waals surface area contributed by atoms with Crippen molar-refractivity contribution in [1.82, 2.24) is 4.72 Å². The zero-order valence-corrected chi connectivity index (χ0v) is 10.0. The summed E-state index contributed by atoms with van der Waals surface area (Å²) < 4.78 is 26.2. The number of nitrogens with one attached hydrogen (secondary N) is 1.